The largest absolute Gasteiger partial charge is 0.340 e. The third kappa shape index (κ3) is 2.21. The minimum Gasteiger partial charge on any atom is -0.340 e. The molecule has 0 bridgehead atoms. The molecule has 2 N–H and O–H groups in total. The van der Waals surface area contributed by atoms with Gasteiger partial charge in [0.25, 0.3) is 0 Å². The second-order valence-corrected chi connectivity index (χ2v) is 5.99. The number of rotatable bonds is 3. The molecular weight excluding hydrogens is 224 g/mol. The maximum Gasteiger partial charge on any atom is 0.225 e. The zero-order chi connectivity index (χ0) is 12.6. The van der Waals surface area contributed by atoms with Crippen molar-refractivity contribution in [3.05, 3.63) is 18.0 Å². The molecule has 4 nitrogen and oxygen atoms in total. The fourth-order valence-electron chi connectivity index (χ4n) is 2.72. The van der Waals surface area contributed by atoms with Crippen molar-refractivity contribution in [2.45, 2.75) is 38.0 Å². The van der Waals surface area contributed by atoms with Crippen molar-refractivity contribution in [2.75, 3.05) is 24.5 Å². The van der Waals surface area contributed by atoms with Gasteiger partial charge in [0, 0.05) is 24.7 Å². The van der Waals surface area contributed by atoms with Gasteiger partial charge in [-0.3, -0.25) is 0 Å². The molecule has 0 radical (unpaired) electrons. The lowest BCUT2D eigenvalue weighted by molar-refractivity contribution is 0.419. The van der Waals surface area contributed by atoms with Gasteiger partial charge < -0.3 is 10.6 Å². The topological polar surface area (TPSA) is 55.0 Å². The fraction of sp³-hybridized carbons (Fsp3) is 0.714. The number of piperidine rings is 1. The van der Waals surface area contributed by atoms with Gasteiger partial charge in [-0.05, 0) is 44.2 Å². The van der Waals surface area contributed by atoms with Crippen molar-refractivity contribution in [1.29, 1.82) is 0 Å². The van der Waals surface area contributed by atoms with E-state index in [9.17, 15) is 0 Å². The Morgan fingerprint density at radius 1 is 1.50 bits per heavy atom. The predicted octanol–water partition coefficient (Wildman–Crippen LogP) is 1.70. The fourth-order valence-corrected chi connectivity index (χ4v) is 2.72. The van der Waals surface area contributed by atoms with Crippen molar-refractivity contribution in [2.24, 2.45) is 11.7 Å². The minimum atomic E-state index is 0.320. The predicted molar refractivity (Wildman–Crippen MR) is 72.6 cm³/mol. The van der Waals surface area contributed by atoms with Gasteiger partial charge in [0.05, 0.1) is 5.69 Å². The molecule has 1 unspecified atom stereocenters. The Morgan fingerprint density at radius 3 is 3.06 bits per heavy atom. The van der Waals surface area contributed by atoms with E-state index in [1.807, 2.05) is 6.20 Å². The third-order valence-electron chi connectivity index (χ3n) is 4.40. The van der Waals surface area contributed by atoms with E-state index < -0.39 is 0 Å². The van der Waals surface area contributed by atoms with Crippen LogP contribution in [0.2, 0.25) is 0 Å². The summed E-state index contributed by atoms with van der Waals surface area (Å²) in [6, 6.07) is 2.07. The molecule has 2 heterocycles. The van der Waals surface area contributed by atoms with Crippen LogP contribution in [0.3, 0.4) is 0 Å². The molecule has 2 aliphatic rings. The molecule has 1 saturated heterocycles. The molecule has 98 valence electrons. The first-order valence-corrected chi connectivity index (χ1v) is 7.00. The molecule has 18 heavy (non-hydrogen) atoms. The molecule has 1 atom stereocenters. The molecule has 0 spiro atoms. The second kappa shape index (κ2) is 4.50. The summed E-state index contributed by atoms with van der Waals surface area (Å²) in [5.74, 6) is 1.50. The van der Waals surface area contributed by atoms with Crippen LogP contribution >= 0.6 is 0 Å². The summed E-state index contributed by atoms with van der Waals surface area (Å²) in [7, 11) is 0. The first-order chi connectivity index (χ1) is 8.71. The number of aromatic nitrogens is 2. The molecule has 3 rings (SSSR count). The highest BCUT2D eigenvalue weighted by Crippen LogP contribution is 2.46. The number of nitrogens with zero attached hydrogens (tertiary/aromatic N) is 3. The summed E-state index contributed by atoms with van der Waals surface area (Å²) < 4.78 is 0. The Balaban J connectivity index is 1.79. The van der Waals surface area contributed by atoms with Crippen LogP contribution in [0.15, 0.2) is 12.3 Å². The molecule has 1 aromatic rings. The smallest absolute Gasteiger partial charge is 0.225 e. The lowest BCUT2D eigenvalue weighted by atomic mass is 9.98. The quantitative estimate of drug-likeness (QED) is 0.882. The third-order valence-corrected chi connectivity index (χ3v) is 4.40. The molecule has 0 aromatic carbocycles. The van der Waals surface area contributed by atoms with Crippen LogP contribution in [0.25, 0.3) is 0 Å². The first kappa shape index (κ1) is 11.9. The highest BCUT2D eigenvalue weighted by molar-refractivity contribution is 5.34. The van der Waals surface area contributed by atoms with E-state index >= 15 is 0 Å². The number of anilines is 1. The van der Waals surface area contributed by atoms with Gasteiger partial charge in [0.15, 0.2) is 0 Å². The van der Waals surface area contributed by atoms with Crippen LogP contribution in [-0.2, 0) is 5.41 Å². The molecule has 1 saturated carbocycles. The zero-order valence-corrected chi connectivity index (χ0v) is 11.1. The van der Waals surface area contributed by atoms with Gasteiger partial charge in [-0.1, -0.05) is 6.92 Å². The Hall–Kier alpha value is -1.16. The summed E-state index contributed by atoms with van der Waals surface area (Å²) in [6.45, 7) is 5.14. The van der Waals surface area contributed by atoms with E-state index in [0.29, 0.717) is 11.3 Å². The van der Waals surface area contributed by atoms with Gasteiger partial charge in [0.2, 0.25) is 5.95 Å². The van der Waals surface area contributed by atoms with Crippen LogP contribution in [0.5, 0.6) is 0 Å². The highest BCUT2D eigenvalue weighted by atomic mass is 15.3. The summed E-state index contributed by atoms with van der Waals surface area (Å²) in [5, 5.41) is 0. The van der Waals surface area contributed by atoms with Crippen molar-refractivity contribution < 1.29 is 0 Å². The molecule has 2 fully saturated rings. The van der Waals surface area contributed by atoms with Crippen molar-refractivity contribution in [1.82, 2.24) is 9.97 Å². The lowest BCUT2D eigenvalue weighted by Gasteiger charge is -2.32. The Morgan fingerprint density at radius 2 is 2.33 bits per heavy atom. The first-order valence-electron chi connectivity index (χ1n) is 7.00. The van der Waals surface area contributed by atoms with Gasteiger partial charge in [-0.15, -0.1) is 0 Å². The molecule has 4 heteroatoms. The van der Waals surface area contributed by atoms with E-state index in [1.165, 1.54) is 31.4 Å². The average molecular weight is 246 g/mol. The maximum absolute atomic E-state index is 5.79. The van der Waals surface area contributed by atoms with E-state index in [4.69, 9.17) is 10.7 Å². The summed E-state index contributed by atoms with van der Waals surface area (Å²) in [4.78, 5) is 11.5. The summed E-state index contributed by atoms with van der Waals surface area (Å²) >= 11 is 0. The molecule has 1 aliphatic heterocycles. The molecule has 1 aromatic heterocycles. The van der Waals surface area contributed by atoms with Crippen LogP contribution in [0.4, 0.5) is 5.95 Å². The van der Waals surface area contributed by atoms with Crippen molar-refractivity contribution in [3.63, 3.8) is 0 Å². The summed E-state index contributed by atoms with van der Waals surface area (Å²) in [6.07, 6.45) is 6.87. The standard InChI is InChI=1S/C14H22N4/c1-14(5-6-14)12-4-7-16-13(17-12)18-8-2-3-11(9-15)10-18/h4,7,11H,2-3,5-6,8-10,15H2,1H3. The van der Waals surface area contributed by atoms with Crippen LogP contribution in [-0.4, -0.2) is 29.6 Å². The Labute approximate surface area is 109 Å². The van der Waals surface area contributed by atoms with E-state index in [-0.39, 0.29) is 0 Å². The Kier molecular flexibility index (Phi) is 2.98. The zero-order valence-electron chi connectivity index (χ0n) is 11.1. The van der Waals surface area contributed by atoms with Gasteiger partial charge in [-0.2, -0.15) is 0 Å². The van der Waals surface area contributed by atoms with Gasteiger partial charge >= 0.3 is 0 Å². The monoisotopic (exact) mass is 246 g/mol. The second-order valence-electron chi connectivity index (χ2n) is 5.99. The van der Waals surface area contributed by atoms with E-state index in [1.54, 1.807) is 0 Å². The van der Waals surface area contributed by atoms with Gasteiger partial charge in [-0.25, -0.2) is 9.97 Å². The number of nitrogens with two attached hydrogens (primary N) is 1. The number of hydrogen-bond acceptors (Lipinski definition) is 4. The molecule has 1 aliphatic carbocycles. The summed E-state index contributed by atoms with van der Waals surface area (Å²) in [5.41, 5.74) is 7.32. The number of hydrogen-bond donors (Lipinski definition) is 1. The highest BCUT2D eigenvalue weighted by Gasteiger charge is 2.40. The van der Waals surface area contributed by atoms with Crippen LogP contribution in [0, 0.1) is 5.92 Å². The Bertz CT molecular complexity index is 428. The van der Waals surface area contributed by atoms with E-state index in [0.717, 1.165) is 25.6 Å². The molecule has 0 amide bonds. The average Bonchev–Trinajstić information content (AvgIpc) is 3.18. The lowest BCUT2D eigenvalue weighted by Crippen LogP contribution is -2.39. The van der Waals surface area contributed by atoms with Crippen molar-refractivity contribution >= 4 is 5.95 Å². The minimum absolute atomic E-state index is 0.320. The normalized spacial score (nSPS) is 26.1. The van der Waals surface area contributed by atoms with Crippen molar-refractivity contribution in [3.8, 4) is 0 Å². The van der Waals surface area contributed by atoms with Gasteiger partial charge in [0.1, 0.15) is 0 Å². The molecular formula is C14H22N4. The maximum atomic E-state index is 5.79. The van der Waals surface area contributed by atoms with E-state index in [2.05, 4.69) is 22.9 Å². The van der Waals surface area contributed by atoms with Crippen LogP contribution < -0.4 is 10.6 Å². The van der Waals surface area contributed by atoms with Crippen LogP contribution in [0.1, 0.15) is 38.3 Å². The SMILES string of the molecule is CC1(c2ccnc(N3CCCC(CN)C3)n2)CC1.